The van der Waals surface area contributed by atoms with Gasteiger partial charge in [-0.15, -0.1) is 0 Å². The first kappa shape index (κ1) is 18.0. The Bertz CT molecular complexity index is 448. The number of benzene rings is 1. The Morgan fingerprint density at radius 2 is 2.00 bits per heavy atom. The van der Waals surface area contributed by atoms with Crippen molar-refractivity contribution in [1.82, 2.24) is 10.2 Å². The second kappa shape index (κ2) is 9.79. The summed E-state index contributed by atoms with van der Waals surface area (Å²) in [4.78, 5) is 13.8. The van der Waals surface area contributed by atoms with Crippen LogP contribution in [0.15, 0.2) is 22.7 Å². The minimum absolute atomic E-state index is 0.0235. The Morgan fingerprint density at radius 3 is 2.62 bits per heavy atom. The van der Waals surface area contributed by atoms with Crippen molar-refractivity contribution in [3.05, 3.63) is 28.2 Å². The SMILES string of the molecule is CCCNCc1cc(Br)ccc1OCC(=O)N(CC)CC. The van der Waals surface area contributed by atoms with Crippen LogP contribution >= 0.6 is 15.9 Å². The number of ether oxygens (including phenoxy) is 1. The van der Waals surface area contributed by atoms with Crippen LogP contribution in [0.3, 0.4) is 0 Å². The third kappa shape index (κ3) is 6.06. The Balaban J connectivity index is 2.66. The van der Waals surface area contributed by atoms with E-state index in [1.165, 1.54) is 0 Å². The van der Waals surface area contributed by atoms with Crippen LogP contribution < -0.4 is 10.1 Å². The van der Waals surface area contributed by atoms with E-state index in [0.717, 1.165) is 35.3 Å². The molecule has 1 aromatic rings. The maximum Gasteiger partial charge on any atom is 0.260 e. The van der Waals surface area contributed by atoms with E-state index in [-0.39, 0.29) is 12.5 Å². The van der Waals surface area contributed by atoms with Crippen LogP contribution in [0.1, 0.15) is 32.8 Å². The standard InChI is InChI=1S/C16H25BrN2O2/c1-4-9-18-11-13-10-14(17)7-8-15(13)21-12-16(20)19(5-2)6-3/h7-8,10,18H,4-6,9,11-12H2,1-3H3. The monoisotopic (exact) mass is 356 g/mol. The van der Waals surface area contributed by atoms with E-state index in [0.29, 0.717) is 13.1 Å². The number of hydrogen-bond acceptors (Lipinski definition) is 3. The number of amides is 1. The summed E-state index contributed by atoms with van der Waals surface area (Å²) in [6.45, 7) is 9.29. The van der Waals surface area contributed by atoms with Gasteiger partial charge in [-0.05, 0) is 45.0 Å². The molecule has 0 aromatic heterocycles. The third-order valence-electron chi connectivity index (χ3n) is 3.23. The van der Waals surface area contributed by atoms with E-state index in [1.807, 2.05) is 32.0 Å². The molecule has 1 N–H and O–H groups in total. The van der Waals surface area contributed by atoms with Crippen molar-refractivity contribution in [1.29, 1.82) is 0 Å². The van der Waals surface area contributed by atoms with Gasteiger partial charge in [-0.25, -0.2) is 0 Å². The van der Waals surface area contributed by atoms with Crippen LogP contribution in [0.2, 0.25) is 0 Å². The van der Waals surface area contributed by atoms with Gasteiger partial charge in [-0.1, -0.05) is 22.9 Å². The molecule has 0 bridgehead atoms. The first-order chi connectivity index (χ1) is 10.1. The second-order valence-electron chi connectivity index (χ2n) is 4.78. The van der Waals surface area contributed by atoms with Crippen molar-refractivity contribution in [2.24, 2.45) is 0 Å². The lowest BCUT2D eigenvalue weighted by molar-refractivity contribution is -0.132. The quantitative estimate of drug-likeness (QED) is 0.690. The lowest BCUT2D eigenvalue weighted by atomic mass is 10.2. The topological polar surface area (TPSA) is 41.6 Å². The summed E-state index contributed by atoms with van der Waals surface area (Å²) in [7, 11) is 0. The molecule has 1 amide bonds. The van der Waals surface area contributed by atoms with Gasteiger partial charge in [0.15, 0.2) is 6.61 Å². The van der Waals surface area contributed by atoms with E-state index < -0.39 is 0 Å². The molecule has 0 spiro atoms. The van der Waals surface area contributed by atoms with Gasteiger partial charge in [-0.2, -0.15) is 0 Å². The van der Waals surface area contributed by atoms with Crippen molar-refractivity contribution < 1.29 is 9.53 Å². The largest absolute Gasteiger partial charge is 0.483 e. The smallest absolute Gasteiger partial charge is 0.260 e. The maximum absolute atomic E-state index is 12.0. The number of hydrogen-bond donors (Lipinski definition) is 1. The maximum atomic E-state index is 12.0. The van der Waals surface area contributed by atoms with Gasteiger partial charge in [0.2, 0.25) is 0 Å². The molecule has 0 saturated heterocycles. The highest BCUT2D eigenvalue weighted by Gasteiger charge is 2.12. The van der Waals surface area contributed by atoms with Crippen LogP contribution in [0, 0.1) is 0 Å². The number of nitrogens with one attached hydrogen (secondary N) is 1. The summed E-state index contributed by atoms with van der Waals surface area (Å²) < 4.78 is 6.73. The van der Waals surface area contributed by atoms with Crippen LogP contribution in [-0.4, -0.2) is 37.0 Å². The number of carbonyl (C=O) groups is 1. The molecular weight excluding hydrogens is 332 g/mol. The number of likely N-dealkylation sites (N-methyl/N-ethyl adjacent to an activating group) is 1. The predicted molar refractivity (Wildman–Crippen MR) is 89.6 cm³/mol. The first-order valence-electron chi connectivity index (χ1n) is 7.52. The number of carbonyl (C=O) groups excluding carboxylic acids is 1. The van der Waals surface area contributed by atoms with Gasteiger partial charge in [0.05, 0.1) is 0 Å². The molecule has 0 fully saturated rings. The van der Waals surface area contributed by atoms with Crippen LogP contribution in [-0.2, 0) is 11.3 Å². The summed E-state index contributed by atoms with van der Waals surface area (Å²) in [5, 5.41) is 3.36. The number of rotatable bonds is 9. The zero-order chi connectivity index (χ0) is 15.7. The Kier molecular flexibility index (Phi) is 8.38. The molecule has 0 unspecified atom stereocenters. The van der Waals surface area contributed by atoms with E-state index in [9.17, 15) is 4.79 Å². The number of halogens is 1. The van der Waals surface area contributed by atoms with Crippen LogP contribution in [0.4, 0.5) is 0 Å². The van der Waals surface area contributed by atoms with Crippen molar-refractivity contribution >= 4 is 21.8 Å². The van der Waals surface area contributed by atoms with Crippen molar-refractivity contribution in [3.63, 3.8) is 0 Å². The fraction of sp³-hybridized carbons (Fsp3) is 0.562. The predicted octanol–water partition coefficient (Wildman–Crippen LogP) is 3.20. The molecule has 0 aliphatic carbocycles. The average molecular weight is 357 g/mol. The fourth-order valence-corrected chi connectivity index (χ4v) is 2.44. The van der Waals surface area contributed by atoms with Gasteiger partial charge in [0.25, 0.3) is 5.91 Å². The van der Waals surface area contributed by atoms with E-state index in [4.69, 9.17) is 4.74 Å². The molecule has 4 nitrogen and oxygen atoms in total. The third-order valence-corrected chi connectivity index (χ3v) is 3.73. The zero-order valence-corrected chi connectivity index (χ0v) is 14.7. The molecule has 0 heterocycles. The summed E-state index contributed by atoms with van der Waals surface area (Å²) in [5.74, 6) is 0.790. The Morgan fingerprint density at radius 1 is 1.29 bits per heavy atom. The molecule has 1 aromatic carbocycles. The molecule has 5 heteroatoms. The fourth-order valence-electron chi connectivity index (χ4n) is 2.03. The summed E-state index contributed by atoms with van der Waals surface area (Å²) in [6, 6.07) is 5.86. The first-order valence-corrected chi connectivity index (χ1v) is 8.31. The van der Waals surface area contributed by atoms with Crippen LogP contribution in [0.25, 0.3) is 0 Å². The second-order valence-corrected chi connectivity index (χ2v) is 5.70. The zero-order valence-electron chi connectivity index (χ0n) is 13.1. The normalized spacial score (nSPS) is 10.5. The van der Waals surface area contributed by atoms with Crippen molar-refractivity contribution in [3.8, 4) is 5.75 Å². The molecule has 21 heavy (non-hydrogen) atoms. The summed E-state index contributed by atoms with van der Waals surface area (Å²) in [6.07, 6.45) is 1.09. The Labute approximate surface area is 136 Å². The van der Waals surface area contributed by atoms with Crippen LogP contribution in [0.5, 0.6) is 5.75 Å². The average Bonchev–Trinajstić information content (AvgIpc) is 2.48. The van der Waals surface area contributed by atoms with E-state index >= 15 is 0 Å². The van der Waals surface area contributed by atoms with Gasteiger partial charge >= 0.3 is 0 Å². The highest BCUT2D eigenvalue weighted by molar-refractivity contribution is 9.10. The van der Waals surface area contributed by atoms with Crippen molar-refractivity contribution in [2.75, 3.05) is 26.2 Å². The minimum Gasteiger partial charge on any atom is -0.483 e. The lowest BCUT2D eigenvalue weighted by Crippen LogP contribution is -2.34. The van der Waals surface area contributed by atoms with E-state index in [2.05, 4.69) is 28.2 Å². The summed E-state index contributed by atoms with van der Waals surface area (Å²) >= 11 is 3.47. The molecule has 0 aliphatic rings. The van der Waals surface area contributed by atoms with Gasteiger partial charge in [0, 0.05) is 29.7 Å². The molecule has 0 atom stereocenters. The van der Waals surface area contributed by atoms with Gasteiger partial charge < -0.3 is 15.0 Å². The molecule has 0 aliphatic heterocycles. The number of nitrogens with zero attached hydrogens (tertiary/aromatic N) is 1. The van der Waals surface area contributed by atoms with Gasteiger partial charge in [0.1, 0.15) is 5.75 Å². The molecular formula is C16H25BrN2O2. The highest BCUT2D eigenvalue weighted by atomic mass is 79.9. The minimum atomic E-state index is 0.0235. The lowest BCUT2D eigenvalue weighted by Gasteiger charge is -2.19. The highest BCUT2D eigenvalue weighted by Crippen LogP contribution is 2.23. The van der Waals surface area contributed by atoms with Crippen molar-refractivity contribution in [2.45, 2.75) is 33.7 Å². The molecule has 1 rings (SSSR count). The Hall–Kier alpha value is -1.07. The molecule has 0 saturated carbocycles. The van der Waals surface area contributed by atoms with Gasteiger partial charge in [-0.3, -0.25) is 4.79 Å². The summed E-state index contributed by atoms with van der Waals surface area (Å²) in [5.41, 5.74) is 1.06. The van der Waals surface area contributed by atoms with E-state index in [1.54, 1.807) is 4.90 Å². The molecule has 118 valence electrons. The molecule has 0 radical (unpaired) electrons.